The number of carboxylic acids is 1. The van der Waals surface area contributed by atoms with Crippen molar-refractivity contribution in [2.45, 2.75) is 0 Å². The maximum atomic E-state index is 10.6. The number of carboxylic acid groups (broad SMARTS) is 1. The van der Waals surface area contributed by atoms with Crippen LogP contribution in [-0.2, 0) is 4.79 Å². The van der Waals surface area contributed by atoms with Crippen LogP contribution in [0.15, 0.2) is 42.5 Å². The first-order valence-electron chi connectivity index (χ1n) is 6.90. The summed E-state index contributed by atoms with van der Waals surface area (Å²) < 4.78 is 16.0. The molecule has 0 aliphatic rings. The molecule has 23 heavy (non-hydrogen) atoms. The van der Waals surface area contributed by atoms with Crippen LogP contribution in [0.25, 0.3) is 17.2 Å². The van der Waals surface area contributed by atoms with Crippen LogP contribution in [0.3, 0.4) is 0 Å². The van der Waals surface area contributed by atoms with E-state index < -0.39 is 5.97 Å². The Morgan fingerprint density at radius 1 is 0.957 bits per heavy atom. The molecule has 120 valence electrons. The number of rotatable bonds is 6. The summed E-state index contributed by atoms with van der Waals surface area (Å²) in [4.78, 5) is 10.6. The van der Waals surface area contributed by atoms with E-state index in [1.807, 2.05) is 36.4 Å². The van der Waals surface area contributed by atoms with Crippen molar-refractivity contribution in [2.24, 2.45) is 0 Å². The van der Waals surface area contributed by atoms with Gasteiger partial charge in [0.2, 0.25) is 5.75 Å². The van der Waals surface area contributed by atoms with Gasteiger partial charge in [0.25, 0.3) is 0 Å². The van der Waals surface area contributed by atoms with E-state index in [9.17, 15) is 4.79 Å². The zero-order valence-electron chi connectivity index (χ0n) is 13.2. The van der Waals surface area contributed by atoms with Crippen LogP contribution in [0, 0.1) is 0 Å². The third kappa shape index (κ3) is 3.83. The average molecular weight is 314 g/mol. The highest BCUT2D eigenvalue weighted by Crippen LogP contribution is 2.41. The molecule has 5 heteroatoms. The molecule has 0 fully saturated rings. The van der Waals surface area contributed by atoms with Crippen molar-refractivity contribution in [2.75, 3.05) is 21.3 Å². The van der Waals surface area contributed by atoms with E-state index in [1.54, 1.807) is 27.4 Å². The molecule has 0 atom stereocenters. The molecule has 0 amide bonds. The third-order valence-electron chi connectivity index (χ3n) is 3.30. The molecule has 0 radical (unpaired) electrons. The second kappa shape index (κ2) is 7.35. The smallest absolute Gasteiger partial charge is 0.328 e. The Kier molecular flexibility index (Phi) is 5.25. The van der Waals surface area contributed by atoms with Crippen molar-refractivity contribution in [3.8, 4) is 28.4 Å². The molecule has 0 saturated heterocycles. The van der Waals surface area contributed by atoms with Gasteiger partial charge in [-0.15, -0.1) is 0 Å². The van der Waals surface area contributed by atoms with Crippen LogP contribution < -0.4 is 14.2 Å². The maximum Gasteiger partial charge on any atom is 0.328 e. The summed E-state index contributed by atoms with van der Waals surface area (Å²) in [7, 11) is 4.68. The molecule has 2 rings (SSSR count). The van der Waals surface area contributed by atoms with Crippen molar-refractivity contribution in [3.05, 3.63) is 48.0 Å². The first-order chi connectivity index (χ1) is 11.1. The molecule has 2 aromatic carbocycles. The standard InChI is InChI=1S/C18H18O5/c1-21-15-10-14(11-16(22-2)18(15)23-3)13-6-4-5-12(9-13)7-8-17(19)20/h4-11H,1-3H3,(H,19,20)/b8-7-. The summed E-state index contributed by atoms with van der Waals surface area (Å²) in [5.74, 6) is 0.672. The highest BCUT2D eigenvalue weighted by atomic mass is 16.5. The predicted molar refractivity (Wildman–Crippen MR) is 88.2 cm³/mol. The molecule has 0 aliphatic carbocycles. The molecule has 5 nitrogen and oxygen atoms in total. The first kappa shape index (κ1) is 16.4. The fraction of sp³-hybridized carbons (Fsp3) is 0.167. The van der Waals surface area contributed by atoms with Crippen LogP contribution in [-0.4, -0.2) is 32.4 Å². The minimum Gasteiger partial charge on any atom is -0.493 e. The molecule has 0 aromatic heterocycles. The van der Waals surface area contributed by atoms with Gasteiger partial charge in [-0.25, -0.2) is 4.79 Å². The van der Waals surface area contributed by atoms with Gasteiger partial charge >= 0.3 is 5.97 Å². The quantitative estimate of drug-likeness (QED) is 0.827. The minimum atomic E-state index is -0.983. The fourth-order valence-electron chi connectivity index (χ4n) is 2.24. The van der Waals surface area contributed by atoms with Crippen molar-refractivity contribution in [3.63, 3.8) is 0 Å². The van der Waals surface area contributed by atoms with Crippen molar-refractivity contribution >= 4 is 12.0 Å². The van der Waals surface area contributed by atoms with Crippen LogP contribution in [0.4, 0.5) is 0 Å². The van der Waals surface area contributed by atoms with Gasteiger partial charge < -0.3 is 19.3 Å². The fourth-order valence-corrected chi connectivity index (χ4v) is 2.24. The summed E-state index contributed by atoms with van der Waals surface area (Å²) in [6.45, 7) is 0. The number of hydrogen-bond acceptors (Lipinski definition) is 4. The number of ether oxygens (including phenoxy) is 3. The lowest BCUT2D eigenvalue weighted by atomic mass is 10.0. The first-order valence-corrected chi connectivity index (χ1v) is 6.90. The van der Waals surface area contributed by atoms with Gasteiger partial charge in [-0.2, -0.15) is 0 Å². The van der Waals surface area contributed by atoms with Gasteiger partial charge in [0, 0.05) is 6.08 Å². The van der Waals surface area contributed by atoms with E-state index in [2.05, 4.69) is 0 Å². The third-order valence-corrected chi connectivity index (χ3v) is 3.30. The van der Waals surface area contributed by atoms with E-state index >= 15 is 0 Å². The molecular formula is C18H18O5. The predicted octanol–water partition coefficient (Wildman–Crippen LogP) is 3.48. The maximum absolute atomic E-state index is 10.6. The van der Waals surface area contributed by atoms with Crippen LogP contribution in [0.2, 0.25) is 0 Å². The molecule has 0 bridgehead atoms. The SMILES string of the molecule is COc1cc(-c2cccc(/C=C\C(=O)O)c2)cc(OC)c1OC. The van der Waals surface area contributed by atoms with Crippen molar-refractivity contribution in [1.29, 1.82) is 0 Å². The Hall–Kier alpha value is -2.95. The summed E-state index contributed by atoms with van der Waals surface area (Å²) in [6.07, 6.45) is 2.65. The van der Waals surface area contributed by atoms with E-state index in [4.69, 9.17) is 19.3 Å². The lowest BCUT2D eigenvalue weighted by Gasteiger charge is -2.14. The minimum absolute atomic E-state index is 0.528. The van der Waals surface area contributed by atoms with Gasteiger partial charge in [-0.3, -0.25) is 0 Å². The van der Waals surface area contributed by atoms with Gasteiger partial charge in [0.05, 0.1) is 21.3 Å². The summed E-state index contributed by atoms with van der Waals surface area (Å²) in [5.41, 5.74) is 2.58. The van der Waals surface area contributed by atoms with Gasteiger partial charge in [-0.1, -0.05) is 18.2 Å². The topological polar surface area (TPSA) is 65.0 Å². The second-order valence-electron chi connectivity index (χ2n) is 4.71. The van der Waals surface area contributed by atoms with E-state index in [0.29, 0.717) is 17.2 Å². The molecule has 0 aliphatic heterocycles. The number of aliphatic carboxylic acids is 1. The second-order valence-corrected chi connectivity index (χ2v) is 4.71. The Bertz CT molecular complexity index is 709. The van der Waals surface area contributed by atoms with E-state index in [-0.39, 0.29) is 0 Å². The number of carbonyl (C=O) groups is 1. The average Bonchev–Trinajstić information content (AvgIpc) is 2.58. The van der Waals surface area contributed by atoms with Gasteiger partial charge in [0.15, 0.2) is 11.5 Å². The lowest BCUT2D eigenvalue weighted by Crippen LogP contribution is -1.95. The zero-order valence-corrected chi connectivity index (χ0v) is 13.2. The number of benzene rings is 2. The Labute approximate surface area is 134 Å². The molecule has 0 spiro atoms. The molecule has 2 aromatic rings. The summed E-state index contributed by atoms with van der Waals surface area (Å²) in [6, 6.07) is 11.2. The largest absolute Gasteiger partial charge is 0.493 e. The van der Waals surface area contributed by atoms with Crippen LogP contribution >= 0.6 is 0 Å². The highest BCUT2D eigenvalue weighted by Gasteiger charge is 2.14. The van der Waals surface area contributed by atoms with Gasteiger partial charge in [-0.05, 0) is 41.0 Å². The summed E-state index contributed by atoms with van der Waals surface area (Å²) >= 11 is 0. The number of hydrogen-bond donors (Lipinski definition) is 1. The van der Waals surface area contributed by atoms with Crippen LogP contribution in [0.1, 0.15) is 5.56 Å². The molecule has 0 saturated carbocycles. The van der Waals surface area contributed by atoms with Gasteiger partial charge in [0.1, 0.15) is 0 Å². The Morgan fingerprint density at radius 3 is 2.13 bits per heavy atom. The normalized spacial score (nSPS) is 10.6. The molecule has 0 heterocycles. The molecular weight excluding hydrogens is 296 g/mol. The monoisotopic (exact) mass is 314 g/mol. The lowest BCUT2D eigenvalue weighted by molar-refractivity contribution is -0.131. The van der Waals surface area contributed by atoms with E-state index in [0.717, 1.165) is 22.8 Å². The highest BCUT2D eigenvalue weighted by molar-refractivity contribution is 5.85. The van der Waals surface area contributed by atoms with Crippen molar-refractivity contribution < 1.29 is 24.1 Å². The van der Waals surface area contributed by atoms with Crippen LogP contribution in [0.5, 0.6) is 17.2 Å². The Morgan fingerprint density at radius 2 is 1.61 bits per heavy atom. The number of methoxy groups -OCH3 is 3. The van der Waals surface area contributed by atoms with Crippen molar-refractivity contribution in [1.82, 2.24) is 0 Å². The molecule has 1 N–H and O–H groups in total. The molecule has 0 unspecified atom stereocenters. The van der Waals surface area contributed by atoms with E-state index in [1.165, 1.54) is 0 Å². The Balaban J connectivity index is 2.49. The zero-order chi connectivity index (χ0) is 16.8. The summed E-state index contributed by atoms with van der Waals surface area (Å²) in [5, 5.41) is 8.72.